The second kappa shape index (κ2) is 4.13. The monoisotopic (exact) mass is 276 g/mol. The van der Waals surface area contributed by atoms with Gasteiger partial charge < -0.3 is 9.97 Å². The van der Waals surface area contributed by atoms with E-state index in [2.05, 4.69) is 19.7 Å². The third kappa shape index (κ3) is 2.19. The fourth-order valence-electron chi connectivity index (χ4n) is 1.86. The summed E-state index contributed by atoms with van der Waals surface area (Å²) < 4.78 is 26.7. The number of aryl methyl sites for hydroxylation is 1. The maximum atomic E-state index is 12.1. The molecule has 98 valence electrons. The molecule has 0 saturated carbocycles. The largest absolute Gasteiger partial charge is 0.361 e. The molecule has 0 fully saturated rings. The van der Waals surface area contributed by atoms with Crippen LogP contribution in [0.3, 0.4) is 0 Å². The first kappa shape index (κ1) is 11.8. The number of imidazole rings is 1. The van der Waals surface area contributed by atoms with Crippen molar-refractivity contribution < 1.29 is 8.42 Å². The normalized spacial score (nSPS) is 11.8. The summed E-state index contributed by atoms with van der Waals surface area (Å²) in [5.74, 6) is 0.557. The van der Waals surface area contributed by atoms with E-state index in [1.54, 1.807) is 25.3 Å². The minimum Gasteiger partial charge on any atom is -0.361 e. The van der Waals surface area contributed by atoms with E-state index in [1.165, 1.54) is 6.20 Å². The average Bonchev–Trinajstić information content (AvgIpc) is 2.96. The number of sulfonamides is 1. The van der Waals surface area contributed by atoms with E-state index in [0.717, 1.165) is 10.9 Å². The van der Waals surface area contributed by atoms with Crippen molar-refractivity contribution in [2.24, 2.45) is 0 Å². The van der Waals surface area contributed by atoms with E-state index in [0.29, 0.717) is 11.5 Å². The fourth-order valence-corrected chi connectivity index (χ4v) is 2.88. The Labute approximate surface area is 109 Å². The Morgan fingerprint density at radius 3 is 2.84 bits per heavy atom. The van der Waals surface area contributed by atoms with Gasteiger partial charge in [-0.05, 0) is 31.2 Å². The number of anilines is 1. The molecule has 0 aliphatic heterocycles. The summed E-state index contributed by atoms with van der Waals surface area (Å²) in [6, 6.07) is 7.19. The number of aromatic nitrogens is 3. The van der Waals surface area contributed by atoms with Gasteiger partial charge in [-0.2, -0.15) is 8.42 Å². The molecule has 0 atom stereocenters. The van der Waals surface area contributed by atoms with Crippen LogP contribution in [0.25, 0.3) is 10.9 Å². The summed E-state index contributed by atoms with van der Waals surface area (Å²) in [4.78, 5) is 9.64. The molecule has 0 saturated heterocycles. The van der Waals surface area contributed by atoms with Gasteiger partial charge in [-0.3, -0.25) is 4.72 Å². The van der Waals surface area contributed by atoms with Crippen molar-refractivity contribution in [3.63, 3.8) is 0 Å². The number of H-pyrrole nitrogens is 2. The lowest BCUT2D eigenvalue weighted by Gasteiger charge is -2.06. The number of hydrogen-bond donors (Lipinski definition) is 3. The fraction of sp³-hybridized carbons (Fsp3) is 0.0833. The molecule has 0 amide bonds. The first-order valence-corrected chi connectivity index (χ1v) is 7.14. The van der Waals surface area contributed by atoms with Gasteiger partial charge in [0.25, 0.3) is 10.0 Å². The maximum Gasteiger partial charge on any atom is 0.278 e. The highest BCUT2D eigenvalue weighted by Gasteiger charge is 2.16. The molecule has 3 N–H and O–H groups in total. The van der Waals surface area contributed by atoms with Crippen molar-refractivity contribution in [2.75, 3.05) is 4.72 Å². The molecule has 0 aliphatic carbocycles. The number of fused-ring (bicyclic) bond motifs is 1. The molecule has 0 radical (unpaired) electrons. The van der Waals surface area contributed by atoms with E-state index in [1.807, 2.05) is 12.1 Å². The average molecular weight is 276 g/mol. The molecular formula is C12H12N4O2S. The van der Waals surface area contributed by atoms with Gasteiger partial charge in [0.15, 0.2) is 5.03 Å². The summed E-state index contributed by atoms with van der Waals surface area (Å²) in [6.07, 6.45) is 3.10. The zero-order chi connectivity index (χ0) is 13.5. The number of hydrogen-bond acceptors (Lipinski definition) is 3. The van der Waals surface area contributed by atoms with Crippen LogP contribution in [0.2, 0.25) is 0 Å². The lowest BCUT2D eigenvalue weighted by atomic mass is 10.2. The molecule has 19 heavy (non-hydrogen) atoms. The van der Waals surface area contributed by atoms with Crippen molar-refractivity contribution in [1.29, 1.82) is 0 Å². The Morgan fingerprint density at radius 1 is 1.26 bits per heavy atom. The summed E-state index contributed by atoms with van der Waals surface area (Å²) >= 11 is 0. The van der Waals surface area contributed by atoms with E-state index in [9.17, 15) is 8.42 Å². The van der Waals surface area contributed by atoms with Crippen LogP contribution in [0.4, 0.5) is 5.69 Å². The molecule has 0 bridgehead atoms. The van der Waals surface area contributed by atoms with E-state index in [4.69, 9.17) is 0 Å². The van der Waals surface area contributed by atoms with Gasteiger partial charge in [0, 0.05) is 22.8 Å². The highest BCUT2D eigenvalue weighted by atomic mass is 32.2. The van der Waals surface area contributed by atoms with Gasteiger partial charge in [0.1, 0.15) is 5.82 Å². The number of nitrogens with zero attached hydrogens (tertiary/aromatic N) is 1. The molecule has 0 aliphatic rings. The van der Waals surface area contributed by atoms with E-state index >= 15 is 0 Å². The molecule has 7 heteroatoms. The Hall–Kier alpha value is -2.28. The first-order valence-electron chi connectivity index (χ1n) is 5.66. The van der Waals surface area contributed by atoms with Crippen LogP contribution in [-0.4, -0.2) is 23.4 Å². The maximum absolute atomic E-state index is 12.1. The van der Waals surface area contributed by atoms with Gasteiger partial charge in [0.05, 0.1) is 6.20 Å². The molecule has 3 aromatic rings. The van der Waals surface area contributed by atoms with Crippen LogP contribution in [-0.2, 0) is 10.0 Å². The number of nitrogens with one attached hydrogen (secondary N) is 3. The second-order valence-electron chi connectivity index (χ2n) is 4.22. The Balaban J connectivity index is 1.95. The summed E-state index contributed by atoms with van der Waals surface area (Å²) in [5, 5.41) is 1.00. The van der Waals surface area contributed by atoms with Crippen molar-refractivity contribution in [3.05, 3.63) is 42.5 Å². The second-order valence-corrected chi connectivity index (χ2v) is 5.87. The third-order valence-electron chi connectivity index (χ3n) is 2.77. The van der Waals surface area contributed by atoms with Crippen LogP contribution < -0.4 is 4.72 Å². The van der Waals surface area contributed by atoms with Gasteiger partial charge in [-0.15, -0.1) is 0 Å². The topological polar surface area (TPSA) is 90.6 Å². The van der Waals surface area contributed by atoms with Crippen molar-refractivity contribution >= 4 is 26.6 Å². The Morgan fingerprint density at radius 2 is 2.11 bits per heavy atom. The molecule has 0 unspecified atom stereocenters. The minimum atomic E-state index is -3.62. The van der Waals surface area contributed by atoms with Crippen LogP contribution >= 0.6 is 0 Å². The zero-order valence-electron chi connectivity index (χ0n) is 10.1. The van der Waals surface area contributed by atoms with Crippen molar-refractivity contribution in [1.82, 2.24) is 15.0 Å². The van der Waals surface area contributed by atoms with Gasteiger partial charge in [0.2, 0.25) is 0 Å². The predicted molar refractivity (Wildman–Crippen MR) is 72.4 cm³/mol. The van der Waals surface area contributed by atoms with Crippen LogP contribution in [0, 0.1) is 6.92 Å². The van der Waals surface area contributed by atoms with Gasteiger partial charge in [-0.25, -0.2) is 4.98 Å². The summed E-state index contributed by atoms with van der Waals surface area (Å²) in [7, 11) is -3.62. The number of aromatic amines is 2. The smallest absolute Gasteiger partial charge is 0.278 e. The molecule has 6 nitrogen and oxygen atoms in total. The standard InChI is InChI=1S/C12H12N4O2S/c1-8-14-7-12(15-8)19(17,18)16-10-2-3-11-9(6-10)4-5-13-11/h2-7,13,16H,1H3,(H,14,15). The Kier molecular flexibility index (Phi) is 2.56. The highest BCUT2D eigenvalue weighted by molar-refractivity contribution is 7.92. The highest BCUT2D eigenvalue weighted by Crippen LogP contribution is 2.20. The lowest BCUT2D eigenvalue weighted by molar-refractivity contribution is 0.598. The SMILES string of the molecule is Cc1ncc(S(=O)(=O)Nc2ccc3[nH]ccc3c2)[nH]1. The predicted octanol–water partition coefficient (Wildman–Crippen LogP) is 2.00. The zero-order valence-corrected chi connectivity index (χ0v) is 11.0. The molecule has 2 aromatic heterocycles. The number of rotatable bonds is 3. The first-order chi connectivity index (χ1) is 9.04. The molecule has 0 spiro atoms. The minimum absolute atomic E-state index is 0.0548. The lowest BCUT2D eigenvalue weighted by Crippen LogP contribution is -2.13. The molecule has 1 aromatic carbocycles. The van der Waals surface area contributed by atoms with Crippen LogP contribution in [0.1, 0.15) is 5.82 Å². The van der Waals surface area contributed by atoms with Crippen molar-refractivity contribution in [3.8, 4) is 0 Å². The quantitative estimate of drug-likeness (QED) is 0.683. The number of benzene rings is 1. The van der Waals surface area contributed by atoms with E-state index in [-0.39, 0.29) is 5.03 Å². The third-order valence-corrected chi connectivity index (χ3v) is 4.07. The molecule has 3 rings (SSSR count). The summed E-state index contributed by atoms with van der Waals surface area (Å²) in [6.45, 7) is 1.70. The summed E-state index contributed by atoms with van der Waals surface area (Å²) in [5.41, 5.74) is 1.47. The Bertz CT molecular complexity index is 832. The molecule has 2 heterocycles. The van der Waals surface area contributed by atoms with E-state index < -0.39 is 10.0 Å². The molecular weight excluding hydrogens is 264 g/mol. The van der Waals surface area contributed by atoms with Gasteiger partial charge >= 0.3 is 0 Å². The van der Waals surface area contributed by atoms with Crippen molar-refractivity contribution in [2.45, 2.75) is 11.9 Å². The van der Waals surface area contributed by atoms with Gasteiger partial charge in [-0.1, -0.05) is 0 Å². The van der Waals surface area contributed by atoms with Crippen LogP contribution in [0.15, 0.2) is 41.7 Å². The van der Waals surface area contributed by atoms with Crippen LogP contribution in [0.5, 0.6) is 0 Å².